The molecule has 0 unspecified atom stereocenters. The zero-order chi connectivity index (χ0) is 14.1. The van der Waals surface area contributed by atoms with Crippen LogP contribution in [0, 0.1) is 0 Å². The molecule has 1 heterocycles. The molecule has 0 bridgehead atoms. The molecule has 0 aromatic carbocycles. The quantitative estimate of drug-likeness (QED) is 0.824. The Labute approximate surface area is 109 Å². The highest BCUT2D eigenvalue weighted by molar-refractivity contribution is 6.74. The summed E-state index contributed by atoms with van der Waals surface area (Å²) < 4.78 is 6.16. The van der Waals surface area contributed by atoms with Crippen molar-refractivity contribution in [1.82, 2.24) is 10.2 Å². The van der Waals surface area contributed by atoms with Gasteiger partial charge in [-0.05, 0) is 21.3 Å². The van der Waals surface area contributed by atoms with Crippen LogP contribution >= 0.6 is 0 Å². The van der Waals surface area contributed by atoms with Gasteiger partial charge in [0, 0.05) is 0 Å². The summed E-state index contributed by atoms with van der Waals surface area (Å²) in [5.41, 5.74) is 0.730. The van der Waals surface area contributed by atoms with Crippen LogP contribution in [0.15, 0.2) is 6.07 Å². The first kappa shape index (κ1) is 14.9. The number of hydrogen-bond acceptors (Lipinski definition) is 3. The van der Waals surface area contributed by atoms with Crippen LogP contribution in [0.1, 0.15) is 50.0 Å². The Balaban J connectivity index is 2.82. The molecule has 1 atom stereocenters. The van der Waals surface area contributed by atoms with Gasteiger partial charge in [0.25, 0.3) is 0 Å². The van der Waals surface area contributed by atoms with E-state index < -0.39 is 14.3 Å². The van der Waals surface area contributed by atoms with E-state index in [1.807, 2.05) is 6.92 Å². The molecule has 0 spiro atoms. The fourth-order valence-corrected chi connectivity index (χ4v) is 2.70. The molecule has 2 N–H and O–H groups in total. The third kappa shape index (κ3) is 3.20. The Bertz CT molecular complexity index is 435. The van der Waals surface area contributed by atoms with E-state index in [2.05, 4.69) is 44.1 Å². The monoisotopic (exact) mass is 270 g/mol. The van der Waals surface area contributed by atoms with Crippen LogP contribution in [-0.4, -0.2) is 29.6 Å². The number of carboxylic acid groups (broad SMARTS) is 1. The van der Waals surface area contributed by atoms with Crippen molar-refractivity contribution in [2.75, 3.05) is 0 Å². The number of hydrogen-bond donors (Lipinski definition) is 2. The molecule has 1 aromatic heterocycles. The zero-order valence-corrected chi connectivity index (χ0v) is 12.9. The van der Waals surface area contributed by atoms with E-state index in [9.17, 15) is 4.79 Å². The first-order chi connectivity index (χ1) is 8.04. The van der Waals surface area contributed by atoms with Crippen molar-refractivity contribution in [2.45, 2.75) is 51.9 Å². The van der Waals surface area contributed by atoms with E-state index in [4.69, 9.17) is 9.53 Å². The van der Waals surface area contributed by atoms with E-state index in [0.29, 0.717) is 5.69 Å². The van der Waals surface area contributed by atoms with Gasteiger partial charge < -0.3 is 9.53 Å². The third-order valence-corrected chi connectivity index (χ3v) is 8.09. The van der Waals surface area contributed by atoms with E-state index in [0.717, 1.165) is 0 Å². The van der Waals surface area contributed by atoms with E-state index in [1.54, 1.807) is 0 Å². The lowest BCUT2D eigenvalue weighted by atomic mass is 10.2. The highest BCUT2D eigenvalue weighted by atomic mass is 28.4. The lowest BCUT2D eigenvalue weighted by molar-refractivity contribution is 0.0690. The van der Waals surface area contributed by atoms with Crippen LogP contribution in [0.5, 0.6) is 0 Å². The summed E-state index contributed by atoms with van der Waals surface area (Å²) in [6.45, 7) is 12.8. The van der Waals surface area contributed by atoms with Gasteiger partial charge in [-0.25, -0.2) is 4.79 Å². The summed E-state index contributed by atoms with van der Waals surface area (Å²) in [7, 11) is -1.86. The second kappa shape index (κ2) is 4.85. The highest BCUT2D eigenvalue weighted by Crippen LogP contribution is 2.39. The molecule has 6 heteroatoms. The number of rotatable bonds is 4. The SMILES string of the molecule is C[C@@H](O[Si-](C)(C)C(C)(C)C)c1cc(C(=O)O)n[nH]1. The van der Waals surface area contributed by atoms with Crippen molar-refractivity contribution < 1.29 is 14.3 Å². The largest absolute Gasteiger partial charge is 0.558 e. The molecule has 18 heavy (non-hydrogen) atoms. The maximum atomic E-state index is 10.8. The number of carboxylic acids is 1. The normalized spacial score (nSPS) is 14.6. The smallest absolute Gasteiger partial charge is 0.356 e. The van der Waals surface area contributed by atoms with Crippen molar-refractivity contribution in [3.8, 4) is 0 Å². The molecule has 103 valence electrons. The Kier molecular flexibility index (Phi) is 4.02. The van der Waals surface area contributed by atoms with Crippen LogP contribution in [0.4, 0.5) is 0 Å². The first-order valence-electron chi connectivity index (χ1n) is 6.01. The summed E-state index contributed by atoms with van der Waals surface area (Å²) in [5, 5.41) is 15.4. The number of aromatic nitrogens is 2. The topological polar surface area (TPSA) is 75.2 Å². The van der Waals surface area contributed by atoms with Crippen LogP contribution in [0.25, 0.3) is 0 Å². The Morgan fingerprint density at radius 1 is 1.50 bits per heavy atom. The predicted octanol–water partition coefficient (Wildman–Crippen LogP) is 3.19. The fourth-order valence-electron chi connectivity index (χ4n) is 1.34. The summed E-state index contributed by atoms with van der Waals surface area (Å²) in [4.78, 5) is 10.8. The molecular formula is C12H22N2O3Si-. The van der Waals surface area contributed by atoms with Crippen LogP contribution in [0.2, 0.25) is 18.1 Å². The molecule has 1 aromatic rings. The minimum absolute atomic E-state index is 0.0238. The van der Waals surface area contributed by atoms with E-state index >= 15 is 0 Å². The number of nitrogens with zero attached hydrogens (tertiary/aromatic N) is 1. The van der Waals surface area contributed by atoms with Crippen LogP contribution in [0.3, 0.4) is 0 Å². The van der Waals surface area contributed by atoms with Crippen molar-refractivity contribution >= 4 is 14.3 Å². The molecular weight excluding hydrogens is 248 g/mol. The summed E-state index contributed by atoms with van der Waals surface area (Å²) in [6.07, 6.45) is -0.175. The molecule has 0 radical (unpaired) electrons. The molecule has 5 nitrogen and oxygen atoms in total. The van der Waals surface area contributed by atoms with Gasteiger partial charge in [0.05, 0.1) is 11.8 Å². The average Bonchev–Trinajstić information content (AvgIpc) is 2.63. The second-order valence-electron chi connectivity index (χ2n) is 6.03. The predicted molar refractivity (Wildman–Crippen MR) is 72.2 cm³/mol. The minimum atomic E-state index is -1.86. The average molecular weight is 270 g/mol. The summed E-state index contributed by atoms with van der Waals surface area (Å²) in [6, 6.07) is 1.53. The highest BCUT2D eigenvalue weighted by Gasteiger charge is 2.27. The fraction of sp³-hybridized carbons (Fsp3) is 0.667. The van der Waals surface area contributed by atoms with Crippen molar-refractivity contribution in [3.05, 3.63) is 17.5 Å². The Morgan fingerprint density at radius 2 is 2.06 bits per heavy atom. The molecule has 0 saturated carbocycles. The number of nitrogens with one attached hydrogen (secondary N) is 1. The van der Waals surface area contributed by atoms with Gasteiger partial charge in [-0.15, -0.1) is 18.1 Å². The standard InChI is InChI=1S/C12H22N2O3Si/c1-8(17-18(5,6)12(2,3)4)9-7-10(11(15)16)14-13-9/h7-8H,1-6H3,(H,13,14)(H,15,16)/q-1/t8-/m1/s1. The second-order valence-corrected chi connectivity index (χ2v) is 10.8. The van der Waals surface area contributed by atoms with Crippen molar-refractivity contribution in [2.24, 2.45) is 0 Å². The van der Waals surface area contributed by atoms with Gasteiger partial charge in [-0.2, -0.15) is 5.10 Å². The molecule has 0 saturated heterocycles. The minimum Gasteiger partial charge on any atom is -0.558 e. The van der Waals surface area contributed by atoms with Gasteiger partial charge >= 0.3 is 5.97 Å². The van der Waals surface area contributed by atoms with Gasteiger partial charge in [-0.3, -0.25) is 5.10 Å². The van der Waals surface area contributed by atoms with Gasteiger partial charge in [0.1, 0.15) is 0 Å². The number of aromatic carboxylic acids is 1. The molecule has 0 aliphatic rings. The number of carbonyl (C=O) groups is 1. The van der Waals surface area contributed by atoms with Gasteiger partial charge in [0.2, 0.25) is 0 Å². The Hall–Kier alpha value is -1.14. The van der Waals surface area contributed by atoms with Crippen LogP contribution < -0.4 is 0 Å². The maximum absolute atomic E-state index is 10.8. The zero-order valence-electron chi connectivity index (χ0n) is 11.9. The van der Waals surface area contributed by atoms with E-state index in [-0.39, 0.29) is 16.8 Å². The van der Waals surface area contributed by atoms with E-state index in [1.165, 1.54) is 6.07 Å². The molecule has 0 fully saturated rings. The van der Waals surface area contributed by atoms with Gasteiger partial charge in [0.15, 0.2) is 5.69 Å². The molecule has 1 rings (SSSR count). The molecule has 0 aliphatic heterocycles. The lowest BCUT2D eigenvalue weighted by Crippen LogP contribution is -2.41. The summed E-state index contributed by atoms with van der Waals surface area (Å²) in [5.74, 6) is -1.03. The maximum Gasteiger partial charge on any atom is 0.356 e. The number of aromatic amines is 1. The van der Waals surface area contributed by atoms with Gasteiger partial charge in [-0.1, -0.05) is 20.8 Å². The number of H-pyrrole nitrogens is 1. The first-order valence-corrected chi connectivity index (χ1v) is 8.92. The van der Waals surface area contributed by atoms with Crippen molar-refractivity contribution in [3.63, 3.8) is 0 Å². The van der Waals surface area contributed by atoms with Crippen LogP contribution in [-0.2, 0) is 4.43 Å². The molecule has 0 aliphatic carbocycles. The molecule has 0 amide bonds. The van der Waals surface area contributed by atoms with Crippen molar-refractivity contribution in [1.29, 1.82) is 0 Å². The Morgan fingerprint density at radius 3 is 2.44 bits per heavy atom. The third-order valence-electron chi connectivity index (χ3n) is 3.53. The summed E-state index contributed by atoms with van der Waals surface area (Å²) >= 11 is 0. The lowest BCUT2D eigenvalue weighted by Gasteiger charge is -2.50.